The lowest BCUT2D eigenvalue weighted by atomic mass is 10.2. The van der Waals surface area contributed by atoms with E-state index in [1.54, 1.807) is 12.1 Å². The van der Waals surface area contributed by atoms with Crippen LogP contribution in [0.5, 0.6) is 0 Å². The summed E-state index contributed by atoms with van der Waals surface area (Å²) in [5.41, 5.74) is 7.04. The van der Waals surface area contributed by atoms with Crippen LogP contribution in [0.1, 0.15) is 12.0 Å². The molecule has 3 heteroatoms. The third-order valence-electron chi connectivity index (χ3n) is 1.50. The molecule has 0 aromatic heterocycles. The average molecular weight is 212 g/mol. The molecule has 0 aliphatic heterocycles. The van der Waals surface area contributed by atoms with E-state index < -0.39 is 0 Å². The zero-order valence-corrected chi connectivity index (χ0v) is 8.70. The second kappa shape index (κ2) is 5.06. The first-order valence-corrected chi connectivity index (χ1v) is 4.90. The van der Waals surface area contributed by atoms with Crippen LogP contribution in [0.2, 0.25) is 5.02 Å². The molecular weight excluding hydrogens is 202 g/mol. The van der Waals surface area contributed by atoms with E-state index in [2.05, 4.69) is 24.5 Å². The van der Waals surface area contributed by atoms with E-state index in [9.17, 15) is 0 Å². The molecule has 0 aliphatic carbocycles. The lowest BCUT2D eigenvalue weighted by molar-refractivity contribution is 1.31. The average Bonchev–Trinajstić information content (AvgIpc) is 2.10. The Morgan fingerprint density at radius 2 is 2.23 bits per heavy atom. The van der Waals surface area contributed by atoms with Gasteiger partial charge in [0.05, 0.1) is 10.6 Å². The molecule has 2 N–H and O–H groups in total. The lowest BCUT2D eigenvalue weighted by Crippen LogP contribution is -1.90. The molecule has 0 spiro atoms. The molecule has 1 aromatic carbocycles. The van der Waals surface area contributed by atoms with Crippen LogP contribution in [0.4, 0.5) is 5.69 Å². The number of anilines is 1. The van der Waals surface area contributed by atoms with Crippen LogP contribution in [-0.2, 0) is 0 Å². The zero-order valence-electron chi connectivity index (χ0n) is 7.05. The molecule has 0 fully saturated rings. The van der Waals surface area contributed by atoms with Crippen LogP contribution >= 0.6 is 24.2 Å². The number of halogens is 1. The fraction of sp³-hybridized carbons (Fsp3) is 0.200. The molecule has 0 radical (unpaired) electrons. The highest BCUT2D eigenvalue weighted by Gasteiger charge is 1.99. The van der Waals surface area contributed by atoms with E-state index in [1.807, 2.05) is 6.07 Å². The summed E-state index contributed by atoms with van der Waals surface area (Å²) in [6.07, 6.45) is 0.744. The van der Waals surface area contributed by atoms with Gasteiger partial charge in [-0.2, -0.15) is 12.6 Å². The van der Waals surface area contributed by atoms with Gasteiger partial charge < -0.3 is 5.73 Å². The van der Waals surface area contributed by atoms with E-state index in [-0.39, 0.29) is 0 Å². The zero-order chi connectivity index (χ0) is 9.68. The molecule has 0 atom stereocenters. The van der Waals surface area contributed by atoms with Gasteiger partial charge in [-0.1, -0.05) is 29.5 Å². The van der Waals surface area contributed by atoms with Gasteiger partial charge in [-0.15, -0.1) is 0 Å². The largest absolute Gasteiger partial charge is 0.398 e. The van der Waals surface area contributed by atoms with Gasteiger partial charge in [-0.05, 0) is 12.1 Å². The molecule has 0 amide bonds. The monoisotopic (exact) mass is 211 g/mol. The van der Waals surface area contributed by atoms with Gasteiger partial charge in [0.15, 0.2) is 0 Å². The maximum Gasteiger partial charge on any atom is 0.0661 e. The standard InChI is InChI=1S/C10H10ClNS/c11-9-5-3-6-10(12)8(9)4-1-2-7-13/h3,5-6,13H,2,7,12H2. The van der Waals surface area contributed by atoms with E-state index in [0.29, 0.717) is 16.3 Å². The van der Waals surface area contributed by atoms with Crippen molar-refractivity contribution in [3.8, 4) is 11.8 Å². The Hall–Kier alpha value is -0.780. The number of thiol groups is 1. The molecule has 1 rings (SSSR count). The summed E-state index contributed by atoms with van der Waals surface area (Å²) in [5, 5.41) is 0.603. The molecule has 1 aromatic rings. The molecule has 0 heterocycles. The predicted molar refractivity (Wildman–Crippen MR) is 61.2 cm³/mol. The Morgan fingerprint density at radius 1 is 1.46 bits per heavy atom. The first kappa shape index (κ1) is 10.3. The van der Waals surface area contributed by atoms with Crippen molar-refractivity contribution >= 4 is 29.9 Å². The van der Waals surface area contributed by atoms with Gasteiger partial charge in [-0.25, -0.2) is 0 Å². The third-order valence-corrected chi connectivity index (χ3v) is 2.03. The topological polar surface area (TPSA) is 26.0 Å². The van der Waals surface area contributed by atoms with Crippen molar-refractivity contribution in [1.82, 2.24) is 0 Å². The first-order valence-electron chi connectivity index (χ1n) is 3.89. The van der Waals surface area contributed by atoms with Crippen LogP contribution in [0.15, 0.2) is 18.2 Å². The number of nitrogens with two attached hydrogens (primary N) is 1. The van der Waals surface area contributed by atoms with Crippen LogP contribution in [0, 0.1) is 11.8 Å². The number of nitrogen functional groups attached to an aromatic ring is 1. The summed E-state index contributed by atoms with van der Waals surface area (Å²) >= 11 is 9.96. The molecule has 0 aliphatic rings. The van der Waals surface area contributed by atoms with E-state index in [0.717, 1.165) is 12.2 Å². The number of rotatable bonds is 1. The number of hydrogen-bond acceptors (Lipinski definition) is 2. The van der Waals surface area contributed by atoms with Crippen molar-refractivity contribution in [3.63, 3.8) is 0 Å². The van der Waals surface area contributed by atoms with E-state index >= 15 is 0 Å². The number of benzene rings is 1. The number of hydrogen-bond donors (Lipinski definition) is 2. The second-order valence-corrected chi connectivity index (χ2v) is 3.33. The summed E-state index contributed by atoms with van der Waals surface area (Å²) in [5.74, 6) is 6.62. The maximum atomic E-state index is 5.91. The summed E-state index contributed by atoms with van der Waals surface area (Å²) in [4.78, 5) is 0. The van der Waals surface area contributed by atoms with Crippen LogP contribution in [0.25, 0.3) is 0 Å². The van der Waals surface area contributed by atoms with Crippen LogP contribution in [0.3, 0.4) is 0 Å². The molecular formula is C10H10ClNS. The summed E-state index contributed by atoms with van der Waals surface area (Å²) in [7, 11) is 0. The molecule has 68 valence electrons. The molecule has 0 unspecified atom stereocenters. The summed E-state index contributed by atoms with van der Waals surface area (Å²) < 4.78 is 0. The highest BCUT2D eigenvalue weighted by atomic mass is 35.5. The Balaban J connectivity index is 2.95. The first-order chi connectivity index (χ1) is 6.25. The van der Waals surface area contributed by atoms with Crippen LogP contribution in [-0.4, -0.2) is 5.75 Å². The van der Waals surface area contributed by atoms with Crippen molar-refractivity contribution < 1.29 is 0 Å². The lowest BCUT2D eigenvalue weighted by Gasteiger charge is -1.98. The van der Waals surface area contributed by atoms with Gasteiger partial charge in [0, 0.05) is 17.9 Å². The van der Waals surface area contributed by atoms with Crippen molar-refractivity contribution in [2.45, 2.75) is 6.42 Å². The van der Waals surface area contributed by atoms with Gasteiger partial charge >= 0.3 is 0 Å². The summed E-state index contributed by atoms with van der Waals surface area (Å²) in [6.45, 7) is 0. The van der Waals surface area contributed by atoms with Crippen molar-refractivity contribution in [1.29, 1.82) is 0 Å². The molecule has 13 heavy (non-hydrogen) atoms. The smallest absolute Gasteiger partial charge is 0.0661 e. The molecule has 0 saturated heterocycles. The minimum Gasteiger partial charge on any atom is -0.398 e. The normalized spacial score (nSPS) is 9.08. The Bertz CT molecular complexity index is 331. The summed E-state index contributed by atoms with van der Waals surface area (Å²) in [6, 6.07) is 5.38. The van der Waals surface area contributed by atoms with Gasteiger partial charge in [0.1, 0.15) is 0 Å². The van der Waals surface area contributed by atoms with Crippen molar-refractivity contribution in [2.75, 3.05) is 11.5 Å². The molecule has 1 nitrogen and oxygen atoms in total. The highest BCUT2D eigenvalue weighted by molar-refractivity contribution is 7.80. The Labute approximate surface area is 88.7 Å². The van der Waals surface area contributed by atoms with Gasteiger partial charge in [0.25, 0.3) is 0 Å². The fourth-order valence-corrected chi connectivity index (χ4v) is 1.22. The predicted octanol–water partition coefficient (Wildman–Crippen LogP) is 2.59. The Kier molecular flexibility index (Phi) is 4.01. The van der Waals surface area contributed by atoms with E-state index in [1.165, 1.54) is 0 Å². The van der Waals surface area contributed by atoms with Crippen molar-refractivity contribution in [2.24, 2.45) is 0 Å². The third kappa shape index (κ3) is 2.87. The quantitative estimate of drug-likeness (QED) is 0.417. The highest BCUT2D eigenvalue weighted by Crippen LogP contribution is 2.20. The second-order valence-electron chi connectivity index (χ2n) is 2.48. The molecule has 0 bridgehead atoms. The van der Waals surface area contributed by atoms with E-state index in [4.69, 9.17) is 17.3 Å². The Morgan fingerprint density at radius 3 is 2.85 bits per heavy atom. The van der Waals surface area contributed by atoms with Gasteiger partial charge in [-0.3, -0.25) is 0 Å². The van der Waals surface area contributed by atoms with Gasteiger partial charge in [0.2, 0.25) is 0 Å². The fourth-order valence-electron chi connectivity index (χ4n) is 0.879. The van der Waals surface area contributed by atoms with Crippen molar-refractivity contribution in [3.05, 3.63) is 28.8 Å². The minimum absolute atomic E-state index is 0.603. The SMILES string of the molecule is Nc1cccc(Cl)c1C#CCCS. The molecule has 0 saturated carbocycles. The maximum absolute atomic E-state index is 5.91. The van der Waals surface area contributed by atoms with Crippen LogP contribution < -0.4 is 5.73 Å². The minimum atomic E-state index is 0.603.